The highest BCUT2D eigenvalue weighted by Crippen LogP contribution is 2.66. The summed E-state index contributed by atoms with van der Waals surface area (Å²) in [7, 11) is -20.7. The van der Waals surface area contributed by atoms with Crippen molar-refractivity contribution >= 4 is 94.6 Å². The predicted octanol–water partition coefficient (Wildman–Crippen LogP) is 1.56. The van der Waals surface area contributed by atoms with Gasteiger partial charge in [-0.2, -0.15) is 12.7 Å². The number of carbonyl (C=O) groups excluding carboxylic acids is 2. The van der Waals surface area contributed by atoms with Gasteiger partial charge in [0.25, 0.3) is 10.1 Å². The number of nitrogens with one attached hydrogen (secondary N) is 3. The van der Waals surface area contributed by atoms with Crippen molar-refractivity contribution in [2.75, 3.05) is 63.1 Å². The molecule has 8 heterocycles. The van der Waals surface area contributed by atoms with E-state index in [9.17, 15) is 64.8 Å². The number of carbonyl (C=O) groups is 2. The smallest absolute Gasteiger partial charge is 0.455 e. The number of sulfonamides is 1. The van der Waals surface area contributed by atoms with Gasteiger partial charge >= 0.3 is 28.5 Å². The van der Waals surface area contributed by atoms with Crippen LogP contribution in [0.25, 0.3) is 16.7 Å². The van der Waals surface area contributed by atoms with Gasteiger partial charge in [0.05, 0.1) is 28.3 Å². The largest absolute Gasteiger partial charge is 0.488 e. The molecule has 0 saturated carbocycles. The van der Waals surface area contributed by atoms with Crippen molar-refractivity contribution < 1.29 is 92.1 Å². The van der Waals surface area contributed by atoms with Gasteiger partial charge in [-0.05, 0) is 93.0 Å². The summed E-state index contributed by atoms with van der Waals surface area (Å²) in [5, 5.41) is 18.3. The van der Waals surface area contributed by atoms with E-state index in [0.29, 0.717) is 29.9 Å². The third-order valence-electron chi connectivity index (χ3n) is 15.6. The molecule has 0 aliphatic carbocycles. The number of alkyl carbamates (subject to hydrolysis) is 1. The summed E-state index contributed by atoms with van der Waals surface area (Å²) >= 11 is 4.10. The molecule has 6 aliphatic heterocycles. The lowest BCUT2D eigenvalue weighted by Crippen LogP contribution is -2.45. The molecule has 3 aromatic carbocycles. The Kier molecular flexibility index (Phi) is 17.7. The number of ether oxygens (including phenoxy) is 3. The van der Waals surface area contributed by atoms with Crippen molar-refractivity contribution in [2.45, 2.75) is 111 Å². The Hall–Kier alpha value is -5.41. The van der Waals surface area contributed by atoms with Gasteiger partial charge in [-0.15, -0.1) is 0 Å². The number of benzene rings is 3. The number of amides is 2. The van der Waals surface area contributed by atoms with Gasteiger partial charge in [-0.3, -0.25) is 18.4 Å². The fraction of sp³-hybridized carbons (Fsp3) is 0.480. The summed E-state index contributed by atoms with van der Waals surface area (Å²) in [6.07, 6.45) is 2.37. The van der Waals surface area contributed by atoms with Crippen LogP contribution in [-0.2, 0) is 94.2 Å². The molecular formula is C50H62N10O20P3S3+. The first kappa shape index (κ1) is 62.2. The third kappa shape index (κ3) is 13.2. The van der Waals surface area contributed by atoms with Crippen molar-refractivity contribution in [3.63, 3.8) is 0 Å². The number of anilines is 2. The molecule has 30 nitrogen and oxygen atoms in total. The Balaban J connectivity index is 0.725. The number of imidazole rings is 1. The molecule has 1 saturated heterocycles. The molecule has 2 aromatic heterocycles. The molecule has 3 unspecified atom stereocenters. The second-order valence-corrected chi connectivity index (χ2v) is 30.4. The Morgan fingerprint density at radius 3 is 2.34 bits per heavy atom. The average molecular weight is 1310 g/mol. The van der Waals surface area contributed by atoms with Gasteiger partial charge in [0.1, 0.15) is 48.6 Å². The fourth-order valence-corrected chi connectivity index (χ4v) is 17.8. The molecule has 0 radical (unpaired) electrons. The van der Waals surface area contributed by atoms with Gasteiger partial charge < -0.3 is 60.2 Å². The minimum Gasteiger partial charge on any atom is -0.455 e. The van der Waals surface area contributed by atoms with E-state index in [1.54, 1.807) is 0 Å². The van der Waals surface area contributed by atoms with E-state index < -0.39 is 90.5 Å². The first-order chi connectivity index (χ1) is 40.8. The second kappa shape index (κ2) is 24.5. The normalized spacial score (nSPS) is 21.3. The highest BCUT2D eigenvalue weighted by Gasteiger charge is 2.50. The number of rotatable bonds is 22. The number of aliphatic hydroxyl groups excluding tert-OH is 1. The number of phosphoric acid groups is 2. The molecule has 0 bridgehead atoms. The van der Waals surface area contributed by atoms with Gasteiger partial charge in [-0.25, -0.2) is 50.9 Å². The van der Waals surface area contributed by atoms with E-state index in [4.69, 9.17) is 24.5 Å². The monoisotopic (exact) mass is 1310 g/mol. The van der Waals surface area contributed by atoms with Crippen molar-refractivity contribution in [3.05, 3.63) is 86.9 Å². The lowest BCUT2D eigenvalue weighted by Gasteiger charge is -2.39. The van der Waals surface area contributed by atoms with Crippen LogP contribution in [0, 0.1) is 0 Å². The molecule has 0 spiro atoms. The van der Waals surface area contributed by atoms with Gasteiger partial charge in [0, 0.05) is 90.7 Å². The van der Waals surface area contributed by atoms with Gasteiger partial charge in [0.15, 0.2) is 23.8 Å². The van der Waals surface area contributed by atoms with Gasteiger partial charge in [-0.1, -0.05) is 12.5 Å². The van der Waals surface area contributed by atoms with E-state index in [0.717, 1.165) is 123 Å². The number of nitrogens with two attached hydrogens (primary N) is 1. The minimum absolute atomic E-state index is 0.00397. The van der Waals surface area contributed by atoms with Gasteiger partial charge in [0.2, 0.25) is 21.3 Å². The zero-order valence-corrected chi connectivity index (χ0v) is 50.9. The van der Waals surface area contributed by atoms with Crippen molar-refractivity contribution in [1.29, 1.82) is 0 Å². The SMILES string of the molecule is Nc1ncnc2c1ncn2C1O[C@H](COP(=O)(O)OP(=O)(O)OP(O)(O)=S)[C@@H](OC(=O)NCCNC(=O)CCCCCNS(=O)(=O)c2cc(S(=O)(=O)O)ccc2C2=c3cc4c5c(c3Oc3c2cc2c6c3CCCN6CCC2)CCC[N+]=5CCC4)[C@H]1O. The van der Waals surface area contributed by atoms with Crippen LogP contribution in [0.4, 0.5) is 16.3 Å². The minimum atomic E-state index is -5.71. The Morgan fingerprint density at radius 1 is 0.837 bits per heavy atom. The maximum absolute atomic E-state index is 14.7. The zero-order valence-electron chi connectivity index (χ0n) is 45.7. The Bertz CT molecular complexity index is 4090. The number of aryl methyl sites for hydroxylation is 2. The highest BCUT2D eigenvalue weighted by atomic mass is 32.5. The Labute approximate surface area is 496 Å². The number of aromatic nitrogens is 4. The van der Waals surface area contributed by atoms with Crippen LogP contribution in [0.15, 0.2) is 52.8 Å². The first-order valence-electron chi connectivity index (χ1n) is 27.6. The summed E-state index contributed by atoms with van der Waals surface area (Å²) in [5.41, 5.74) is 13.2. The van der Waals surface area contributed by atoms with Crippen LogP contribution in [-0.4, -0.2) is 148 Å². The number of nitrogen functional groups attached to an aromatic ring is 1. The van der Waals surface area contributed by atoms with Crippen molar-refractivity contribution in [2.24, 2.45) is 0 Å². The number of hydrogen-bond donors (Lipinski definition) is 10. The van der Waals surface area contributed by atoms with E-state index in [-0.39, 0.29) is 59.9 Å². The Morgan fingerprint density at radius 2 is 1.57 bits per heavy atom. The van der Waals surface area contributed by atoms with E-state index in [1.165, 1.54) is 34.1 Å². The number of fused-ring (bicyclic) bond motifs is 5. The maximum atomic E-state index is 14.7. The van der Waals surface area contributed by atoms with Crippen molar-refractivity contribution in [3.8, 4) is 11.5 Å². The quantitative estimate of drug-likeness (QED) is 0.0199. The van der Waals surface area contributed by atoms with Crippen LogP contribution in [0.3, 0.4) is 0 Å². The molecule has 464 valence electrons. The molecule has 11 rings (SSSR count). The molecule has 11 N–H and O–H groups in total. The van der Waals surface area contributed by atoms with Crippen LogP contribution in [0.1, 0.15) is 91.0 Å². The lowest BCUT2D eigenvalue weighted by atomic mass is 9.82. The van der Waals surface area contributed by atoms with Crippen LogP contribution in [0.5, 0.6) is 11.5 Å². The van der Waals surface area contributed by atoms with E-state index in [2.05, 4.69) is 72.3 Å². The van der Waals surface area contributed by atoms with E-state index in [1.807, 2.05) is 0 Å². The molecule has 1 fully saturated rings. The molecular weight excluding hydrogens is 1250 g/mol. The molecule has 36 heteroatoms. The number of aliphatic hydroxyl groups is 1. The van der Waals surface area contributed by atoms with Crippen LogP contribution >= 0.6 is 22.4 Å². The fourth-order valence-electron chi connectivity index (χ4n) is 12.1. The molecule has 5 aromatic rings. The van der Waals surface area contributed by atoms with Crippen LogP contribution < -0.4 is 45.9 Å². The maximum Gasteiger partial charge on any atom is 0.488 e. The molecule has 2 amide bonds. The standard InChI is InChI=1S/C50H61N10O20P3S3/c51-47-40-48(55-26-54-47)60(27-56-40)49-43(62)46(36(76-49)25-75-81(64,65)79-82(66,67)80-83(68,69)84)78-50(63)53-17-16-52-38(61)12-2-1-3-15-57-85(70,71)37-24-30(86(72,73)74)13-14-31(37)39-34-22-28-8-4-18-58-20-6-10-32(41(28)58)44(34)77-45-33-11-7-21-59-19-5-9-29(42(33)59)23-35(39)45/h13-14,22-24,26-27,36,43,46,49,57,62H,1-12,15-21,25H2,(H8-,51,52,53,54,55,61,63,64,65,66,67,68,69,72,73,74,84)/p+1/t36-,43-,46-,49?/m1/s1. The van der Waals surface area contributed by atoms with Crippen molar-refractivity contribution in [1.82, 2.24) is 39.5 Å². The second-order valence-electron chi connectivity index (χ2n) is 21.4. The summed E-state index contributed by atoms with van der Waals surface area (Å²) in [6.45, 7) is -2.68. The summed E-state index contributed by atoms with van der Waals surface area (Å²) < 4.78 is 127. The third-order valence-corrected chi connectivity index (χ3v) is 22.4. The first-order valence-corrected chi connectivity index (χ1v) is 36.1. The average Bonchev–Trinajstić information content (AvgIpc) is 2.49. The summed E-state index contributed by atoms with van der Waals surface area (Å²) in [5.74, 6) is 0.896. The molecule has 6 aliphatic rings. The number of phosphoric ester groups is 1. The molecule has 6 atom stereocenters. The molecule has 86 heavy (non-hydrogen) atoms. The number of hydrogen-bond acceptors (Lipinski definition) is 21. The highest BCUT2D eigenvalue weighted by molar-refractivity contribution is 8.08. The summed E-state index contributed by atoms with van der Waals surface area (Å²) in [4.78, 5) is 77.8. The predicted molar refractivity (Wildman–Crippen MR) is 308 cm³/mol. The van der Waals surface area contributed by atoms with E-state index >= 15 is 0 Å². The lowest BCUT2D eigenvalue weighted by molar-refractivity contribution is -0.121. The summed E-state index contributed by atoms with van der Waals surface area (Å²) in [6, 6.07) is 7.89. The topological polar surface area (TPSA) is 425 Å². The zero-order chi connectivity index (χ0) is 61.1. The van der Waals surface area contributed by atoms with Crippen LogP contribution in [0.2, 0.25) is 0 Å². The number of nitrogens with zero attached hydrogens (tertiary/aromatic N) is 6. The number of unbranched alkanes of at least 4 members (excludes halogenated alkanes) is 2.